The molecule has 4 aromatic rings. The van der Waals surface area contributed by atoms with Gasteiger partial charge < -0.3 is 14.2 Å². The van der Waals surface area contributed by atoms with Crippen molar-refractivity contribution in [1.82, 2.24) is 0 Å². The third-order valence-electron chi connectivity index (χ3n) is 5.09. The van der Waals surface area contributed by atoms with E-state index in [1.807, 2.05) is 6.92 Å². The van der Waals surface area contributed by atoms with Crippen LogP contribution >= 0.6 is 11.3 Å². The summed E-state index contributed by atoms with van der Waals surface area (Å²) in [7, 11) is 1.29. The fourth-order valence-corrected chi connectivity index (χ4v) is 4.55. The lowest BCUT2D eigenvalue weighted by Gasteiger charge is -2.19. The van der Waals surface area contributed by atoms with Crippen molar-refractivity contribution in [3.8, 4) is 17.2 Å². The number of unbranched alkanes of at least 4 members (excludes halogenated alkanes) is 1. The normalized spacial score (nSPS) is 11.8. The van der Waals surface area contributed by atoms with Gasteiger partial charge in [-0.3, -0.25) is 0 Å². The molecule has 0 N–H and O–H groups in total. The topological polar surface area (TPSA) is 27.7 Å². The fraction of sp³-hybridized carbons (Fsp3) is 0.250. The highest BCUT2D eigenvalue weighted by molar-refractivity contribution is 7.25. The Hall–Kier alpha value is -3.07. The number of benzene rings is 3. The number of methoxy groups -OCH3 is 1. The monoisotopic (exact) mass is 482 g/mol. The molecule has 0 saturated carbocycles. The van der Waals surface area contributed by atoms with E-state index in [0.29, 0.717) is 23.3 Å². The van der Waals surface area contributed by atoms with E-state index in [2.05, 4.69) is 4.74 Å². The third kappa shape index (κ3) is 4.29. The Bertz CT molecular complexity index is 1320. The third-order valence-corrected chi connectivity index (χ3v) is 6.30. The second kappa shape index (κ2) is 9.05. The van der Waals surface area contributed by atoms with E-state index in [1.54, 1.807) is 0 Å². The average Bonchev–Trinajstić information content (AvgIpc) is 3.17. The van der Waals surface area contributed by atoms with Gasteiger partial charge in [-0.2, -0.15) is 8.78 Å². The van der Waals surface area contributed by atoms with E-state index < -0.39 is 34.9 Å². The fourth-order valence-electron chi connectivity index (χ4n) is 3.38. The summed E-state index contributed by atoms with van der Waals surface area (Å²) in [5.74, 6) is -3.66. The molecule has 0 aliphatic rings. The molecule has 3 nitrogen and oxygen atoms in total. The Balaban J connectivity index is 1.68. The Morgan fingerprint density at radius 1 is 0.879 bits per heavy atom. The van der Waals surface area contributed by atoms with Crippen LogP contribution in [0.15, 0.2) is 42.5 Å². The molecule has 0 bridgehead atoms. The second-order valence-electron chi connectivity index (χ2n) is 7.28. The van der Waals surface area contributed by atoms with Crippen LogP contribution in [0.2, 0.25) is 0 Å². The quantitative estimate of drug-likeness (QED) is 0.190. The molecule has 0 atom stereocenters. The van der Waals surface area contributed by atoms with Gasteiger partial charge in [0.15, 0.2) is 29.0 Å². The smallest absolute Gasteiger partial charge is 0.429 e. The molecule has 0 amide bonds. The minimum Gasteiger partial charge on any atom is -0.494 e. The van der Waals surface area contributed by atoms with E-state index in [0.717, 1.165) is 31.0 Å². The van der Waals surface area contributed by atoms with Gasteiger partial charge >= 0.3 is 6.11 Å². The molecule has 0 saturated heterocycles. The summed E-state index contributed by atoms with van der Waals surface area (Å²) in [5, 5.41) is 0.640. The Morgan fingerprint density at radius 2 is 1.55 bits per heavy atom. The first kappa shape index (κ1) is 23.1. The van der Waals surface area contributed by atoms with E-state index in [1.165, 1.54) is 31.4 Å². The average molecular weight is 482 g/mol. The predicted octanol–water partition coefficient (Wildman–Crippen LogP) is 7.79. The summed E-state index contributed by atoms with van der Waals surface area (Å²) >= 11 is 0.686. The molecule has 3 aromatic carbocycles. The van der Waals surface area contributed by atoms with Gasteiger partial charge in [-0.05, 0) is 36.8 Å². The predicted molar refractivity (Wildman–Crippen MR) is 117 cm³/mol. The van der Waals surface area contributed by atoms with Crippen molar-refractivity contribution in [3.05, 3.63) is 65.5 Å². The van der Waals surface area contributed by atoms with Gasteiger partial charge in [0.05, 0.1) is 23.1 Å². The van der Waals surface area contributed by atoms with Crippen molar-refractivity contribution in [2.45, 2.75) is 25.9 Å². The standard InChI is InChI=1S/C24H19F5O3S/c1-3-4-11-31-13-5-9-18(17(25)12-13)32-24(28,29)16-8-6-14-15-7-10-19(30-2)21(27)23(15)33-22(14)20(16)26/h5-10,12H,3-4,11H2,1-2H3. The summed E-state index contributed by atoms with van der Waals surface area (Å²) < 4.78 is 88.5. The molecule has 4 rings (SSSR count). The summed E-state index contributed by atoms with van der Waals surface area (Å²) in [6.45, 7) is 2.32. The zero-order chi connectivity index (χ0) is 23.8. The molecule has 0 aliphatic heterocycles. The molecule has 174 valence electrons. The highest BCUT2D eigenvalue weighted by atomic mass is 32.1. The summed E-state index contributed by atoms with van der Waals surface area (Å²) in [6, 6.07) is 8.26. The lowest BCUT2D eigenvalue weighted by Crippen LogP contribution is -2.24. The number of alkyl halides is 2. The maximum absolute atomic E-state index is 15.1. The Morgan fingerprint density at radius 3 is 2.21 bits per heavy atom. The van der Waals surface area contributed by atoms with Crippen molar-refractivity contribution in [2.24, 2.45) is 0 Å². The van der Waals surface area contributed by atoms with Gasteiger partial charge in [-0.25, -0.2) is 13.2 Å². The van der Waals surface area contributed by atoms with E-state index in [4.69, 9.17) is 9.47 Å². The van der Waals surface area contributed by atoms with E-state index >= 15 is 4.39 Å². The number of rotatable bonds is 8. The van der Waals surface area contributed by atoms with Gasteiger partial charge in [-0.1, -0.05) is 19.4 Å². The largest absolute Gasteiger partial charge is 0.494 e. The number of hydrogen-bond acceptors (Lipinski definition) is 4. The van der Waals surface area contributed by atoms with Crippen molar-refractivity contribution < 1.29 is 36.2 Å². The summed E-state index contributed by atoms with van der Waals surface area (Å²) in [6.07, 6.45) is -2.55. The van der Waals surface area contributed by atoms with Crippen LogP contribution in [0.1, 0.15) is 25.3 Å². The minimum atomic E-state index is -4.18. The molecule has 0 radical (unpaired) electrons. The molecule has 0 spiro atoms. The zero-order valence-electron chi connectivity index (χ0n) is 17.7. The van der Waals surface area contributed by atoms with E-state index in [9.17, 15) is 17.6 Å². The maximum Gasteiger partial charge on any atom is 0.429 e. The van der Waals surface area contributed by atoms with Crippen molar-refractivity contribution >= 4 is 31.5 Å². The van der Waals surface area contributed by atoms with Crippen molar-refractivity contribution in [3.63, 3.8) is 0 Å². The summed E-state index contributed by atoms with van der Waals surface area (Å²) in [5.41, 5.74) is -1.09. The zero-order valence-corrected chi connectivity index (χ0v) is 18.5. The number of fused-ring (bicyclic) bond motifs is 3. The van der Waals surface area contributed by atoms with Gasteiger partial charge in [0, 0.05) is 16.8 Å². The van der Waals surface area contributed by atoms with Gasteiger partial charge in [0.25, 0.3) is 0 Å². The van der Waals surface area contributed by atoms with Crippen LogP contribution in [0.25, 0.3) is 20.2 Å². The van der Waals surface area contributed by atoms with Crippen LogP contribution in [-0.4, -0.2) is 13.7 Å². The van der Waals surface area contributed by atoms with Crippen LogP contribution in [0.5, 0.6) is 17.2 Å². The first-order valence-corrected chi connectivity index (χ1v) is 10.9. The van der Waals surface area contributed by atoms with Crippen molar-refractivity contribution in [1.29, 1.82) is 0 Å². The van der Waals surface area contributed by atoms with Gasteiger partial charge in [-0.15, -0.1) is 11.3 Å². The summed E-state index contributed by atoms with van der Waals surface area (Å²) in [4.78, 5) is 0. The molecule has 0 fully saturated rings. The van der Waals surface area contributed by atoms with Gasteiger partial charge in [0.2, 0.25) is 0 Å². The Labute approximate surface area is 190 Å². The van der Waals surface area contributed by atoms with Crippen molar-refractivity contribution in [2.75, 3.05) is 13.7 Å². The lowest BCUT2D eigenvalue weighted by atomic mass is 10.1. The highest BCUT2D eigenvalue weighted by Gasteiger charge is 2.39. The number of hydrogen-bond donors (Lipinski definition) is 0. The molecule has 1 aromatic heterocycles. The minimum absolute atomic E-state index is 0.0408. The molecule has 9 heteroatoms. The van der Waals surface area contributed by atoms with Crippen LogP contribution in [0.3, 0.4) is 0 Å². The molecule has 33 heavy (non-hydrogen) atoms. The highest BCUT2D eigenvalue weighted by Crippen LogP contribution is 2.43. The van der Waals surface area contributed by atoms with Crippen LogP contribution < -0.4 is 14.2 Å². The van der Waals surface area contributed by atoms with Gasteiger partial charge in [0.1, 0.15) is 11.3 Å². The van der Waals surface area contributed by atoms with Crippen LogP contribution in [0, 0.1) is 17.5 Å². The molecule has 0 aliphatic carbocycles. The molecule has 1 heterocycles. The first-order chi connectivity index (χ1) is 15.8. The SMILES string of the molecule is CCCCOc1ccc(OC(F)(F)c2ccc3c(sc4c(F)c(OC)ccc43)c2F)c(F)c1. The number of halogens is 5. The lowest BCUT2D eigenvalue weighted by molar-refractivity contribution is -0.188. The van der Waals surface area contributed by atoms with Crippen LogP contribution in [0.4, 0.5) is 22.0 Å². The van der Waals surface area contributed by atoms with Crippen LogP contribution in [-0.2, 0) is 6.11 Å². The Kier molecular flexibility index (Phi) is 6.34. The second-order valence-corrected chi connectivity index (χ2v) is 8.30. The maximum atomic E-state index is 15.1. The molecule has 0 unspecified atom stereocenters. The molecular weight excluding hydrogens is 463 g/mol. The number of thiophene rings is 1. The first-order valence-electron chi connectivity index (χ1n) is 10.1. The molecular formula is C24H19F5O3S. The van der Waals surface area contributed by atoms with E-state index in [-0.39, 0.29) is 26.3 Å². The number of ether oxygens (including phenoxy) is 3.